The van der Waals surface area contributed by atoms with Crippen molar-refractivity contribution in [2.24, 2.45) is 0 Å². The van der Waals surface area contributed by atoms with Crippen LogP contribution in [-0.2, 0) is 9.05 Å². The van der Waals surface area contributed by atoms with Crippen LogP contribution in [0.1, 0.15) is 5.56 Å². The first-order valence-corrected chi connectivity index (χ1v) is 6.69. The van der Waals surface area contributed by atoms with Crippen LogP contribution < -0.4 is 0 Å². The van der Waals surface area contributed by atoms with Gasteiger partial charge < -0.3 is 0 Å². The largest absolute Gasteiger partial charge is 0.296 e. The summed E-state index contributed by atoms with van der Waals surface area (Å²) in [5.74, 6) is 0.168. The molecule has 0 radical (unpaired) electrons. The van der Waals surface area contributed by atoms with Gasteiger partial charge in [-0.2, -0.15) is 15.3 Å². The zero-order valence-corrected chi connectivity index (χ0v) is 9.83. The summed E-state index contributed by atoms with van der Waals surface area (Å²) in [5.41, 5.74) is 0.967. The first kappa shape index (κ1) is 11.6. The van der Waals surface area contributed by atoms with Gasteiger partial charge in [-0.3, -0.25) is 0 Å². The van der Waals surface area contributed by atoms with E-state index in [-0.39, 0.29) is 5.82 Å². The molecule has 0 fully saturated rings. The van der Waals surface area contributed by atoms with E-state index in [0.29, 0.717) is 11.1 Å². The second-order valence-corrected chi connectivity index (χ2v) is 5.58. The molecule has 0 amide bonds. The maximum absolute atomic E-state index is 11.0. The third-order valence-corrected chi connectivity index (χ3v) is 3.03. The van der Waals surface area contributed by atoms with Crippen molar-refractivity contribution in [2.75, 3.05) is 0 Å². The van der Waals surface area contributed by atoms with Crippen LogP contribution in [0.25, 0.3) is 11.4 Å². The third-order valence-electron chi connectivity index (χ3n) is 1.95. The molecule has 2 rings (SSSR count). The van der Waals surface area contributed by atoms with Crippen LogP contribution in [0, 0.1) is 11.3 Å². The molecular weight excluding hydrogens is 264 g/mol. The average molecular weight is 269 g/mol. The van der Waals surface area contributed by atoms with Gasteiger partial charge in [0.05, 0.1) is 11.6 Å². The van der Waals surface area contributed by atoms with E-state index in [4.69, 9.17) is 15.9 Å². The molecule has 0 aliphatic rings. The van der Waals surface area contributed by atoms with Crippen molar-refractivity contribution in [3.05, 3.63) is 29.8 Å². The summed E-state index contributed by atoms with van der Waals surface area (Å²) in [6, 6.07) is 8.45. The van der Waals surface area contributed by atoms with Gasteiger partial charge in [-0.25, -0.2) is 13.5 Å². The lowest BCUT2D eigenvalue weighted by molar-refractivity contribution is 0.602. The lowest BCUT2D eigenvalue weighted by Crippen LogP contribution is -1.92. The fourth-order valence-corrected chi connectivity index (χ4v) is 1.77. The Hall–Kier alpha value is -1.91. The zero-order chi connectivity index (χ0) is 12.5. The molecule has 1 aromatic carbocycles. The molecule has 0 unspecified atom stereocenters. The van der Waals surface area contributed by atoms with E-state index in [9.17, 15) is 8.42 Å². The fourth-order valence-electron chi connectivity index (χ4n) is 1.21. The number of hydrogen-bond donors (Lipinski definition) is 1. The molecule has 2 aromatic rings. The molecule has 1 heterocycles. The highest BCUT2D eigenvalue weighted by atomic mass is 35.7. The molecule has 8 heteroatoms. The number of aromatic nitrogens is 3. The number of nitrogens with one attached hydrogen (secondary N) is 1. The summed E-state index contributed by atoms with van der Waals surface area (Å²) in [5, 5.41) is 14.2. The summed E-state index contributed by atoms with van der Waals surface area (Å²) < 4.78 is 22.0. The average Bonchev–Trinajstić information content (AvgIpc) is 2.78. The summed E-state index contributed by atoms with van der Waals surface area (Å²) in [6.07, 6.45) is 0. The Kier molecular flexibility index (Phi) is 2.83. The van der Waals surface area contributed by atoms with Gasteiger partial charge >= 0.3 is 0 Å². The molecule has 17 heavy (non-hydrogen) atoms. The van der Waals surface area contributed by atoms with Crippen LogP contribution in [0.4, 0.5) is 0 Å². The fraction of sp³-hybridized carbons (Fsp3) is 0. The normalized spacial score (nSPS) is 11.1. The predicted octanol–water partition coefficient (Wildman–Crippen LogP) is 1.27. The van der Waals surface area contributed by atoms with E-state index in [0.717, 1.165) is 0 Å². The number of benzene rings is 1. The number of nitriles is 1. The van der Waals surface area contributed by atoms with Crippen molar-refractivity contribution >= 4 is 19.7 Å². The molecular formula is C9H5ClN4O2S. The van der Waals surface area contributed by atoms with Gasteiger partial charge in [0.1, 0.15) is 0 Å². The lowest BCUT2D eigenvalue weighted by atomic mass is 10.1. The minimum absolute atomic E-state index is 0.168. The third kappa shape index (κ3) is 2.43. The molecule has 1 aromatic heterocycles. The predicted molar refractivity (Wildman–Crippen MR) is 59.6 cm³/mol. The van der Waals surface area contributed by atoms with Crippen LogP contribution in [0.15, 0.2) is 29.4 Å². The number of nitrogens with zero attached hydrogens (tertiary/aromatic N) is 3. The molecule has 0 saturated carbocycles. The van der Waals surface area contributed by atoms with E-state index in [1.807, 2.05) is 6.07 Å². The van der Waals surface area contributed by atoms with Crippen molar-refractivity contribution in [2.45, 2.75) is 5.16 Å². The molecule has 0 atom stereocenters. The van der Waals surface area contributed by atoms with Crippen molar-refractivity contribution in [1.29, 1.82) is 5.26 Å². The van der Waals surface area contributed by atoms with Gasteiger partial charge in [0.25, 0.3) is 14.2 Å². The number of halogens is 1. The molecule has 0 bridgehead atoms. The summed E-state index contributed by atoms with van der Waals surface area (Å²) >= 11 is 0. The standard InChI is InChI=1S/C9H5ClN4O2S/c10-17(15,16)9-12-8(13-14-9)7-3-1-2-6(4-7)5-11/h1-4H,(H,12,13,14). The molecule has 86 valence electrons. The highest BCUT2D eigenvalue weighted by Crippen LogP contribution is 2.18. The van der Waals surface area contributed by atoms with Crippen LogP contribution >= 0.6 is 10.7 Å². The molecule has 0 aliphatic heterocycles. The quantitative estimate of drug-likeness (QED) is 0.827. The molecule has 0 aliphatic carbocycles. The lowest BCUT2D eigenvalue weighted by Gasteiger charge is -1.94. The molecule has 1 N–H and O–H groups in total. The smallest absolute Gasteiger partial charge is 0.248 e. The van der Waals surface area contributed by atoms with Gasteiger partial charge in [-0.15, -0.1) is 0 Å². The van der Waals surface area contributed by atoms with Crippen LogP contribution in [0.5, 0.6) is 0 Å². The maximum atomic E-state index is 11.0. The zero-order valence-electron chi connectivity index (χ0n) is 8.25. The number of aromatic amines is 1. The van der Waals surface area contributed by atoms with Crippen molar-refractivity contribution in [3.8, 4) is 17.5 Å². The van der Waals surface area contributed by atoms with Crippen LogP contribution in [-0.4, -0.2) is 23.6 Å². The van der Waals surface area contributed by atoms with Crippen LogP contribution in [0.2, 0.25) is 0 Å². The second kappa shape index (κ2) is 4.16. The summed E-state index contributed by atoms with van der Waals surface area (Å²) in [7, 11) is 1.18. The van der Waals surface area contributed by atoms with Gasteiger partial charge in [0, 0.05) is 16.2 Å². The second-order valence-electron chi connectivity index (χ2n) is 3.09. The van der Waals surface area contributed by atoms with Crippen molar-refractivity contribution < 1.29 is 8.42 Å². The topological polar surface area (TPSA) is 99.5 Å². The SMILES string of the molecule is N#Cc1cccc(-c2n[nH]c(S(=O)(=O)Cl)n2)c1. The van der Waals surface area contributed by atoms with Crippen molar-refractivity contribution in [1.82, 2.24) is 15.2 Å². The Morgan fingerprint density at radius 1 is 1.41 bits per heavy atom. The van der Waals surface area contributed by atoms with Gasteiger partial charge in [0.15, 0.2) is 5.82 Å². The van der Waals surface area contributed by atoms with Crippen LogP contribution in [0.3, 0.4) is 0 Å². The number of H-pyrrole nitrogens is 1. The Morgan fingerprint density at radius 3 is 2.76 bits per heavy atom. The molecule has 6 nitrogen and oxygen atoms in total. The minimum Gasteiger partial charge on any atom is -0.248 e. The van der Waals surface area contributed by atoms with Crippen molar-refractivity contribution in [3.63, 3.8) is 0 Å². The Morgan fingerprint density at radius 2 is 2.18 bits per heavy atom. The minimum atomic E-state index is -3.93. The number of hydrogen-bond acceptors (Lipinski definition) is 5. The Labute approximate surface area is 101 Å². The first-order valence-electron chi connectivity index (χ1n) is 4.38. The van der Waals surface area contributed by atoms with Gasteiger partial charge in [-0.1, -0.05) is 12.1 Å². The number of rotatable bonds is 2. The summed E-state index contributed by atoms with van der Waals surface area (Å²) in [4.78, 5) is 3.73. The van der Waals surface area contributed by atoms with E-state index in [1.165, 1.54) is 0 Å². The summed E-state index contributed by atoms with van der Waals surface area (Å²) in [6.45, 7) is 0. The Balaban J connectivity index is 2.48. The van der Waals surface area contributed by atoms with E-state index < -0.39 is 14.2 Å². The Bertz CT molecular complexity index is 702. The maximum Gasteiger partial charge on any atom is 0.296 e. The van der Waals surface area contributed by atoms with Gasteiger partial charge in [0.2, 0.25) is 0 Å². The molecule has 0 spiro atoms. The highest BCUT2D eigenvalue weighted by molar-refractivity contribution is 8.13. The van der Waals surface area contributed by atoms with E-state index in [1.54, 1.807) is 24.3 Å². The molecule has 0 saturated heterocycles. The highest BCUT2D eigenvalue weighted by Gasteiger charge is 2.16. The van der Waals surface area contributed by atoms with Gasteiger partial charge in [-0.05, 0) is 12.1 Å². The van der Waals surface area contributed by atoms with E-state index in [2.05, 4.69) is 15.2 Å². The first-order chi connectivity index (χ1) is 8.00. The van der Waals surface area contributed by atoms with E-state index >= 15 is 0 Å². The monoisotopic (exact) mass is 268 g/mol.